The van der Waals surface area contributed by atoms with E-state index < -0.39 is 11.6 Å². The molecule has 4 nitrogen and oxygen atoms in total. The van der Waals surface area contributed by atoms with E-state index >= 15 is 0 Å². The Kier molecular flexibility index (Phi) is 2.72. The number of esters is 1. The van der Waals surface area contributed by atoms with Crippen LogP contribution in [0.3, 0.4) is 0 Å². The third kappa shape index (κ3) is 2.25. The highest BCUT2D eigenvalue weighted by Gasteiger charge is 2.51. The first-order valence-corrected chi connectivity index (χ1v) is 4.93. The SMILES string of the molecule is CC(=O)OC1(C)C(=O)CC(C)(C)CC1=O. The molecule has 0 radical (unpaired) electrons. The highest BCUT2D eigenvalue weighted by molar-refractivity contribution is 6.13. The van der Waals surface area contributed by atoms with Gasteiger partial charge in [-0.15, -0.1) is 0 Å². The molecule has 0 atom stereocenters. The van der Waals surface area contributed by atoms with Crippen LogP contribution in [-0.4, -0.2) is 23.1 Å². The molecule has 0 aromatic heterocycles. The molecule has 0 aromatic carbocycles. The van der Waals surface area contributed by atoms with Crippen LogP contribution in [0.1, 0.15) is 40.5 Å². The van der Waals surface area contributed by atoms with E-state index in [1.165, 1.54) is 13.8 Å². The molecular formula is C11H16O4. The highest BCUT2D eigenvalue weighted by atomic mass is 16.6. The van der Waals surface area contributed by atoms with E-state index in [0.29, 0.717) is 0 Å². The van der Waals surface area contributed by atoms with Crippen molar-refractivity contribution in [1.29, 1.82) is 0 Å². The van der Waals surface area contributed by atoms with Gasteiger partial charge >= 0.3 is 5.97 Å². The van der Waals surface area contributed by atoms with Gasteiger partial charge in [0.05, 0.1) is 0 Å². The van der Waals surface area contributed by atoms with Gasteiger partial charge in [0.25, 0.3) is 0 Å². The number of Topliss-reactive ketones (excluding diaryl/α,β-unsaturated/α-hetero) is 2. The van der Waals surface area contributed by atoms with Crippen molar-refractivity contribution >= 4 is 17.5 Å². The second-order valence-electron chi connectivity index (χ2n) is 4.99. The lowest BCUT2D eigenvalue weighted by Gasteiger charge is -2.37. The third-order valence-corrected chi connectivity index (χ3v) is 2.69. The standard InChI is InChI=1S/C11H16O4/c1-7(12)15-11(4)8(13)5-10(2,3)6-9(11)14/h5-6H2,1-4H3. The quantitative estimate of drug-likeness (QED) is 0.485. The second kappa shape index (κ2) is 3.43. The van der Waals surface area contributed by atoms with Crippen LogP contribution in [0.15, 0.2) is 0 Å². The van der Waals surface area contributed by atoms with Crippen molar-refractivity contribution in [1.82, 2.24) is 0 Å². The zero-order valence-electron chi connectivity index (χ0n) is 9.55. The van der Waals surface area contributed by atoms with Crippen molar-refractivity contribution in [3.63, 3.8) is 0 Å². The van der Waals surface area contributed by atoms with E-state index in [0.717, 1.165) is 0 Å². The summed E-state index contributed by atoms with van der Waals surface area (Å²) in [5.74, 6) is -1.21. The number of rotatable bonds is 1. The molecule has 0 aromatic rings. The minimum atomic E-state index is -1.55. The Morgan fingerprint density at radius 3 is 1.87 bits per heavy atom. The van der Waals surface area contributed by atoms with E-state index in [4.69, 9.17) is 4.74 Å². The minimum Gasteiger partial charge on any atom is -0.443 e. The lowest BCUT2D eigenvalue weighted by molar-refractivity contribution is -0.174. The van der Waals surface area contributed by atoms with Crippen LogP contribution < -0.4 is 0 Å². The molecule has 84 valence electrons. The average Bonchev–Trinajstić information content (AvgIpc) is 1.98. The smallest absolute Gasteiger partial charge is 0.304 e. The monoisotopic (exact) mass is 212 g/mol. The van der Waals surface area contributed by atoms with Crippen LogP contribution in [0.5, 0.6) is 0 Å². The molecule has 0 saturated heterocycles. The van der Waals surface area contributed by atoms with Gasteiger partial charge in [-0.3, -0.25) is 14.4 Å². The molecule has 0 unspecified atom stereocenters. The normalized spacial score (nSPS) is 23.7. The number of carbonyl (C=O) groups excluding carboxylic acids is 3. The fourth-order valence-electron chi connectivity index (χ4n) is 1.83. The minimum absolute atomic E-state index is 0.266. The van der Waals surface area contributed by atoms with Crippen molar-refractivity contribution < 1.29 is 19.1 Å². The summed E-state index contributed by atoms with van der Waals surface area (Å²) in [6.45, 7) is 6.30. The van der Waals surface area contributed by atoms with Crippen molar-refractivity contribution in [2.75, 3.05) is 0 Å². The van der Waals surface area contributed by atoms with Gasteiger partial charge in [0.1, 0.15) is 0 Å². The third-order valence-electron chi connectivity index (χ3n) is 2.69. The maximum absolute atomic E-state index is 11.8. The highest BCUT2D eigenvalue weighted by Crippen LogP contribution is 2.37. The van der Waals surface area contributed by atoms with Crippen LogP contribution in [-0.2, 0) is 19.1 Å². The Morgan fingerprint density at radius 1 is 1.13 bits per heavy atom. The Hall–Kier alpha value is -1.19. The molecule has 0 bridgehead atoms. The molecule has 0 N–H and O–H groups in total. The lowest BCUT2D eigenvalue weighted by Crippen LogP contribution is -2.53. The molecule has 1 aliphatic carbocycles. The average molecular weight is 212 g/mol. The molecule has 0 amide bonds. The summed E-state index contributed by atoms with van der Waals surface area (Å²) >= 11 is 0. The number of carbonyl (C=O) groups is 3. The molecule has 0 spiro atoms. The fourth-order valence-corrected chi connectivity index (χ4v) is 1.83. The summed E-state index contributed by atoms with van der Waals surface area (Å²) in [5.41, 5.74) is -1.88. The summed E-state index contributed by atoms with van der Waals surface area (Å²) in [7, 11) is 0. The van der Waals surface area contributed by atoms with Gasteiger partial charge in [-0.25, -0.2) is 0 Å². The Labute approximate surface area is 89.0 Å². The molecule has 0 heterocycles. The van der Waals surface area contributed by atoms with Gasteiger partial charge < -0.3 is 4.74 Å². The summed E-state index contributed by atoms with van der Waals surface area (Å²) < 4.78 is 4.86. The van der Waals surface area contributed by atoms with Crippen LogP contribution in [0, 0.1) is 5.41 Å². The number of hydrogen-bond donors (Lipinski definition) is 0. The van der Waals surface area contributed by atoms with Gasteiger partial charge in [-0.2, -0.15) is 0 Å². The summed E-state index contributed by atoms with van der Waals surface area (Å²) in [4.78, 5) is 34.4. The van der Waals surface area contributed by atoms with E-state index in [1.807, 2.05) is 13.8 Å². The first-order chi connectivity index (χ1) is 6.67. The molecule has 15 heavy (non-hydrogen) atoms. The summed E-state index contributed by atoms with van der Waals surface area (Å²) in [6, 6.07) is 0. The molecule has 0 aliphatic heterocycles. The van der Waals surface area contributed by atoms with E-state index in [2.05, 4.69) is 0 Å². The zero-order chi connectivity index (χ0) is 11.9. The lowest BCUT2D eigenvalue weighted by atomic mass is 9.70. The molecule has 4 heteroatoms. The van der Waals surface area contributed by atoms with Crippen molar-refractivity contribution in [2.45, 2.75) is 46.1 Å². The molecule has 1 saturated carbocycles. The van der Waals surface area contributed by atoms with Gasteiger partial charge in [0.15, 0.2) is 11.6 Å². The Morgan fingerprint density at radius 2 is 1.53 bits per heavy atom. The zero-order valence-corrected chi connectivity index (χ0v) is 9.55. The molecule has 1 aliphatic rings. The largest absolute Gasteiger partial charge is 0.443 e. The van der Waals surface area contributed by atoms with Crippen LogP contribution in [0.2, 0.25) is 0 Å². The van der Waals surface area contributed by atoms with Gasteiger partial charge in [0.2, 0.25) is 5.60 Å². The Balaban J connectivity index is 2.97. The predicted molar refractivity (Wildman–Crippen MR) is 53.2 cm³/mol. The van der Waals surface area contributed by atoms with Crippen LogP contribution in [0.25, 0.3) is 0 Å². The van der Waals surface area contributed by atoms with Gasteiger partial charge in [0, 0.05) is 19.8 Å². The number of hydrogen-bond acceptors (Lipinski definition) is 4. The molecular weight excluding hydrogens is 196 g/mol. The van der Waals surface area contributed by atoms with E-state index in [-0.39, 0.29) is 29.8 Å². The second-order valence-corrected chi connectivity index (χ2v) is 4.99. The first kappa shape index (κ1) is 11.9. The van der Waals surface area contributed by atoms with Crippen LogP contribution in [0.4, 0.5) is 0 Å². The number of ketones is 2. The van der Waals surface area contributed by atoms with Gasteiger partial charge in [-0.1, -0.05) is 13.8 Å². The Bertz CT molecular complexity index is 307. The maximum Gasteiger partial charge on any atom is 0.304 e. The van der Waals surface area contributed by atoms with Crippen molar-refractivity contribution in [3.8, 4) is 0 Å². The predicted octanol–water partition coefficient (Wildman–Crippen LogP) is 1.27. The fraction of sp³-hybridized carbons (Fsp3) is 0.727. The van der Waals surface area contributed by atoms with E-state index in [1.54, 1.807) is 0 Å². The van der Waals surface area contributed by atoms with Crippen molar-refractivity contribution in [2.24, 2.45) is 5.41 Å². The topological polar surface area (TPSA) is 60.4 Å². The van der Waals surface area contributed by atoms with E-state index in [9.17, 15) is 14.4 Å². The first-order valence-electron chi connectivity index (χ1n) is 4.93. The molecule has 1 fully saturated rings. The van der Waals surface area contributed by atoms with Crippen LogP contribution >= 0.6 is 0 Å². The summed E-state index contributed by atoms with van der Waals surface area (Å²) in [5, 5.41) is 0. The number of ether oxygens (including phenoxy) is 1. The maximum atomic E-state index is 11.8. The summed E-state index contributed by atoms with van der Waals surface area (Å²) in [6.07, 6.45) is 0.533. The molecule has 1 rings (SSSR count). The van der Waals surface area contributed by atoms with Crippen molar-refractivity contribution in [3.05, 3.63) is 0 Å². The van der Waals surface area contributed by atoms with Gasteiger partial charge in [-0.05, 0) is 12.3 Å².